The number of rotatable bonds is 3. The molecule has 0 aromatic heterocycles. The van der Waals surface area contributed by atoms with Gasteiger partial charge in [0.2, 0.25) is 0 Å². The minimum absolute atomic E-state index is 0.306. The average molecular weight is 312 g/mol. The fourth-order valence-electron chi connectivity index (χ4n) is 3.70. The van der Waals surface area contributed by atoms with Gasteiger partial charge in [-0.1, -0.05) is 26.0 Å². The van der Waals surface area contributed by atoms with Crippen LogP contribution < -0.4 is 4.74 Å². The lowest BCUT2D eigenvalue weighted by Crippen LogP contribution is -2.28. The van der Waals surface area contributed by atoms with Crippen molar-refractivity contribution in [2.24, 2.45) is 11.8 Å². The molecule has 2 aromatic rings. The predicted octanol–water partition coefficient (Wildman–Crippen LogP) is 4.83. The molecular formula is C20H24O3. The summed E-state index contributed by atoms with van der Waals surface area (Å²) in [5.74, 6) is 2.06. The highest BCUT2D eigenvalue weighted by molar-refractivity contribution is 5.95. The number of esters is 1. The topological polar surface area (TPSA) is 35.5 Å². The number of ether oxygens (including phenoxy) is 2. The molecular weight excluding hydrogens is 288 g/mol. The highest BCUT2D eigenvalue weighted by Gasteiger charge is 2.25. The fourth-order valence-corrected chi connectivity index (χ4v) is 3.70. The van der Waals surface area contributed by atoms with Crippen LogP contribution in [0.1, 0.15) is 43.5 Å². The lowest BCUT2D eigenvalue weighted by molar-refractivity contribution is 0.0601. The van der Waals surface area contributed by atoms with E-state index in [1.807, 2.05) is 24.3 Å². The molecule has 0 spiro atoms. The lowest BCUT2D eigenvalue weighted by Gasteiger charge is -2.31. The van der Waals surface area contributed by atoms with Gasteiger partial charge >= 0.3 is 5.97 Å². The molecule has 1 saturated carbocycles. The zero-order valence-electron chi connectivity index (χ0n) is 14.0. The SMILES string of the molecule is COC(=O)c1ccc2cc(OC3C[C@@H](C)C[C@@H](C)C3)ccc2c1. The third-order valence-electron chi connectivity index (χ3n) is 4.67. The third-order valence-corrected chi connectivity index (χ3v) is 4.67. The Morgan fingerprint density at radius 1 is 0.957 bits per heavy atom. The molecule has 1 unspecified atom stereocenters. The van der Waals surface area contributed by atoms with Gasteiger partial charge in [-0.3, -0.25) is 0 Å². The van der Waals surface area contributed by atoms with Crippen molar-refractivity contribution in [1.82, 2.24) is 0 Å². The van der Waals surface area contributed by atoms with Gasteiger partial charge in [0.15, 0.2) is 0 Å². The Labute approximate surface area is 137 Å². The minimum Gasteiger partial charge on any atom is -0.490 e. The van der Waals surface area contributed by atoms with Gasteiger partial charge in [0, 0.05) is 0 Å². The monoisotopic (exact) mass is 312 g/mol. The Morgan fingerprint density at radius 3 is 2.30 bits per heavy atom. The standard InChI is InChI=1S/C20H24O3/c1-13-8-14(2)10-19(9-13)23-18-7-6-15-11-17(20(21)22-3)5-4-16(15)12-18/h4-7,11-14,19H,8-10H2,1-3H3/t13-,14+,19?. The molecule has 0 bridgehead atoms. The van der Waals surface area contributed by atoms with E-state index < -0.39 is 0 Å². The summed E-state index contributed by atoms with van der Waals surface area (Å²) >= 11 is 0. The van der Waals surface area contributed by atoms with Gasteiger partial charge in [-0.15, -0.1) is 0 Å². The molecule has 122 valence electrons. The summed E-state index contributed by atoms with van der Waals surface area (Å²) < 4.78 is 11.0. The highest BCUT2D eigenvalue weighted by Crippen LogP contribution is 2.32. The molecule has 1 fully saturated rings. The summed E-state index contributed by atoms with van der Waals surface area (Å²) in [5.41, 5.74) is 0.573. The summed E-state index contributed by atoms with van der Waals surface area (Å²) in [6, 6.07) is 11.7. The van der Waals surface area contributed by atoms with E-state index in [0.717, 1.165) is 41.2 Å². The van der Waals surface area contributed by atoms with E-state index in [2.05, 4.69) is 19.9 Å². The number of fused-ring (bicyclic) bond motifs is 1. The van der Waals surface area contributed by atoms with Gasteiger partial charge in [-0.05, 0) is 66.1 Å². The number of carbonyl (C=O) groups excluding carboxylic acids is 1. The molecule has 3 nitrogen and oxygen atoms in total. The number of hydrogen-bond donors (Lipinski definition) is 0. The van der Waals surface area contributed by atoms with Crippen molar-refractivity contribution in [2.45, 2.75) is 39.2 Å². The van der Waals surface area contributed by atoms with Crippen LogP contribution in [-0.2, 0) is 4.74 Å². The molecule has 0 heterocycles. The maximum Gasteiger partial charge on any atom is 0.337 e. The summed E-state index contributed by atoms with van der Waals surface area (Å²) in [7, 11) is 1.40. The van der Waals surface area contributed by atoms with E-state index >= 15 is 0 Å². The van der Waals surface area contributed by atoms with E-state index in [9.17, 15) is 4.79 Å². The van der Waals surface area contributed by atoms with Crippen molar-refractivity contribution in [1.29, 1.82) is 0 Å². The first kappa shape index (κ1) is 15.9. The molecule has 23 heavy (non-hydrogen) atoms. The Hall–Kier alpha value is -2.03. The van der Waals surface area contributed by atoms with Crippen molar-refractivity contribution in [2.75, 3.05) is 7.11 Å². The first-order valence-corrected chi connectivity index (χ1v) is 8.34. The molecule has 2 aromatic carbocycles. The van der Waals surface area contributed by atoms with Gasteiger partial charge in [0.25, 0.3) is 0 Å². The van der Waals surface area contributed by atoms with Crippen molar-refractivity contribution >= 4 is 16.7 Å². The maximum absolute atomic E-state index is 11.6. The molecule has 3 heteroatoms. The highest BCUT2D eigenvalue weighted by atomic mass is 16.5. The molecule has 3 rings (SSSR count). The van der Waals surface area contributed by atoms with Gasteiger partial charge in [-0.2, -0.15) is 0 Å². The molecule has 3 atom stereocenters. The third kappa shape index (κ3) is 3.66. The Balaban J connectivity index is 1.79. The lowest BCUT2D eigenvalue weighted by atomic mass is 9.82. The van der Waals surface area contributed by atoms with Gasteiger partial charge in [0.1, 0.15) is 5.75 Å². The summed E-state index contributed by atoms with van der Waals surface area (Å²) in [6.45, 7) is 4.61. The predicted molar refractivity (Wildman–Crippen MR) is 91.9 cm³/mol. The quantitative estimate of drug-likeness (QED) is 0.761. The van der Waals surface area contributed by atoms with Crippen LogP contribution >= 0.6 is 0 Å². The largest absolute Gasteiger partial charge is 0.490 e. The second-order valence-corrected chi connectivity index (χ2v) is 6.87. The molecule has 0 aliphatic heterocycles. The van der Waals surface area contributed by atoms with Crippen LogP contribution in [0.5, 0.6) is 5.75 Å². The molecule has 1 aliphatic rings. The van der Waals surface area contributed by atoms with Crippen LogP contribution in [0.2, 0.25) is 0 Å². The second kappa shape index (κ2) is 6.61. The summed E-state index contributed by atoms with van der Waals surface area (Å²) in [5, 5.41) is 2.10. The number of methoxy groups -OCH3 is 1. The normalized spacial score (nSPS) is 24.4. The number of hydrogen-bond acceptors (Lipinski definition) is 3. The van der Waals surface area contributed by atoms with Gasteiger partial charge < -0.3 is 9.47 Å². The summed E-state index contributed by atoms with van der Waals surface area (Å²) in [4.78, 5) is 11.6. The molecule has 0 amide bonds. The summed E-state index contributed by atoms with van der Waals surface area (Å²) in [6.07, 6.45) is 3.86. The van der Waals surface area contributed by atoms with E-state index in [-0.39, 0.29) is 5.97 Å². The number of carbonyl (C=O) groups is 1. The van der Waals surface area contributed by atoms with E-state index in [1.54, 1.807) is 6.07 Å². The molecule has 0 N–H and O–H groups in total. The van der Waals surface area contributed by atoms with Crippen molar-refractivity contribution < 1.29 is 14.3 Å². The zero-order chi connectivity index (χ0) is 16.4. The number of benzene rings is 2. The fraction of sp³-hybridized carbons (Fsp3) is 0.450. The second-order valence-electron chi connectivity index (χ2n) is 6.87. The van der Waals surface area contributed by atoms with Crippen LogP contribution in [-0.4, -0.2) is 19.2 Å². The molecule has 0 radical (unpaired) electrons. The molecule has 1 aliphatic carbocycles. The van der Waals surface area contributed by atoms with Crippen LogP contribution in [0.25, 0.3) is 10.8 Å². The zero-order valence-corrected chi connectivity index (χ0v) is 14.0. The van der Waals surface area contributed by atoms with Crippen LogP contribution in [0.3, 0.4) is 0 Å². The van der Waals surface area contributed by atoms with Gasteiger partial charge in [0.05, 0.1) is 18.8 Å². The van der Waals surface area contributed by atoms with Crippen LogP contribution in [0.15, 0.2) is 36.4 Å². The van der Waals surface area contributed by atoms with Gasteiger partial charge in [-0.25, -0.2) is 4.79 Å². The van der Waals surface area contributed by atoms with E-state index in [0.29, 0.717) is 11.7 Å². The van der Waals surface area contributed by atoms with E-state index in [4.69, 9.17) is 9.47 Å². The minimum atomic E-state index is -0.308. The van der Waals surface area contributed by atoms with Crippen molar-refractivity contribution in [3.05, 3.63) is 42.0 Å². The first-order valence-electron chi connectivity index (χ1n) is 8.34. The van der Waals surface area contributed by atoms with E-state index in [1.165, 1.54) is 13.5 Å². The Kier molecular flexibility index (Phi) is 4.56. The maximum atomic E-state index is 11.6. The van der Waals surface area contributed by atoms with Crippen molar-refractivity contribution in [3.63, 3.8) is 0 Å². The average Bonchev–Trinajstić information content (AvgIpc) is 2.52. The molecule has 0 saturated heterocycles. The van der Waals surface area contributed by atoms with Crippen molar-refractivity contribution in [3.8, 4) is 5.75 Å². The Morgan fingerprint density at radius 2 is 1.61 bits per heavy atom. The Bertz CT molecular complexity index is 697. The first-order chi connectivity index (χ1) is 11.0. The van der Waals surface area contributed by atoms with Crippen LogP contribution in [0, 0.1) is 11.8 Å². The smallest absolute Gasteiger partial charge is 0.337 e. The van der Waals surface area contributed by atoms with Crippen LogP contribution in [0.4, 0.5) is 0 Å².